The Morgan fingerprint density at radius 2 is 1.89 bits per heavy atom. The number of fused-ring (bicyclic) bond motifs is 1. The Balaban J connectivity index is 1.88. The first kappa shape index (κ1) is 19.4. The molecule has 1 unspecified atom stereocenters. The molecular weight excluding hydrogens is 425 g/mol. The lowest BCUT2D eigenvalue weighted by molar-refractivity contribution is -0.137. The van der Waals surface area contributed by atoms with Crippen LogP contribution in [0, 0.1) is 0 Å². The van der Waals surface area contributed by atoms with Gasteiger partial charge in [-0.25, -0.2) is 0 Å². The van der Waals surface area contributed by atoms with Crippen molar-refractivity contribution in [3.63, 3.8) is 0 Å². The molecule has 4 nitrogen and oxygen atoms in total. The van der Waals surface area contributed by atoms with Gasteiger partial charge < -0.3 is 5.32 Å². The molecule has 3 rings (SSSR count). The second-order valence-corrected chi connectivity index (χ2v) is 7.16. The van der Waals surface area contributed by atoms with E-state index in [9.17, 15) is 22.8 Å². The molecule has 0 fully saturated rings. The van der Waals surface area contributed by atoms with Crippen LogP contribution in [0.25, 0.3) is 0 Å². The predicted octanol–water partition coefficient (Wildman–Crippen LogP) is 4.77. The van der Waals surface area contributed by atoms with Gasteiger partial charge in [0, 0.05) is 16.6 Å². The topological polar surface area (TPSA) is 49.4 Å². The Labute approximate surface area is 162 Å². The van der Waals surface area contributed by atoms with Crippen molar-refractivity contribution in [3.8, 4) is 0 Å². The lowest BCUT2D eigenvalue weighted by atomic mass is 9.99. The quantitative estimate of drug-likeness (QED) is 0.746. The van der Waals surface area contributed by atoms with Crippen molar-refractivity contribution in [3.05, 3.63) is 58.1 Å². The fourth-order valence-corrected chi connectivity index (χ4v) is 3.51. The van der Waals surface area contributed by atoms with Crippen LogP contribution in [0.2, 0.25) is 0 Å². The molecule has 0 aliphatic carbocycles. The van der Waals surface area contributed by atoms with Crippen LogP contribution in [-0.4, -0.2) is 17.9 Å². The number of anilines is 2. The van der Waals surface area contributed by atoms with Gasteiger partial charge in [0.05, 0.1) is 11.3 Å². The summed E-state index contributed by atoms with van der Waals surface area (Å²) in [6, 6.07) is 9.16. The number of benzene rings is 2. The number of amides is 2. The van der Waals surface area contributed by atoms with E-state index >= 15 is 0 Å². The van der Waals surface area contributed by atoms with Crippen molar-refractivity contribution in [2.45, 2.75) is 32.0 Å². The van der Waals surface area contributed by atoms with E-state index in [0.717, 1.165) is 16.1 Å². The first-order valence-corrected chi connectivity index (χ1v) is 9.05. The van der Waals surface area contributed by atoms with Crippen molar-refractivity contribution in [2.75, 3.05) is 10.2 Å². The number of nitrogens with one attached hydrogen (secondary N) is 1. The molecule has 1 aliphatic heterocycles. The molecule has 27 heavy (non-hydrogen) atoms. The lowest BCUT2D eigenvalue weighted by Crippen LogP contribution is -2.48. The fourth-order valence-electron chi connectivity index (χ4n) is 3.10. The average molecular weight is 441 g/mol. The molecule has 0 spiro atoms. The van der Waals surface area contributed by atoms with Crippen LogP contribution in [0.4, 0.5) is 24.5 Å². The van der Waals surface area contributed by atoms with Crippen LogP contribution in [0.15, 0.2) is 46.9 Å². The molecule has 0 saturated heterocycles. The van der Waals surface area contributed by atoms with Crippen molar-refractivity contribution >= 4 is 39.1 Å². The Morgan fingerprint density at radius 3 is 2.59 bits per heavy atom. The summed E-state index contributed by atoms with van der Waals surface area (Å²) in [5.74, 6) is -0.924. The summed E-state index contributed by atoms with van der Waals surface area (Å²) < 4.78 is 40.2. The molecule has 0 aromatic heterocycles. The van der Waals surface area contributed by atoms with Crippen molar-refractivity contribution in [1.29, 1.82) is 0 Å². The molecule has 1 aliphatic rings. The van der Waals surface area contributed by atoms with Gasteiger partial charge in [-0.1, -0.05) is 28.1 Å². The van der Waals surface area contributed by atoms with Gasteiger partial charge in [0.15, 0.2) is 0 Å². The van der Waals surface area contributed by atoms with Crippen LogP contribution in [-0.2, 0) is 22.2 Å². The zero-order valence-corrected chi connectivity index (χ0v) is 15.9. The third-order valence-electron chi connectivity index (χ3n) is 4.44. The summed E-state index contributed by atoms with van der Waals surface area (Å²) in [7, 11) is 0. The number of hydrogen-bond donors (Lipinski definition) is 1. The minimum absolute atomic E-state index is 0.236. The van der Waals surface area contributed by atoms with E-state index in [1.54, 1.807) is 12.1 Å². The highest BCUT2D eigenvalue weighted by molar-refractivity contribution is 9.10. The number of aryl methyl sites for hydroxylation is 1. The number of carbonyl (C=O) groups is 2. The monoisotopic (exact) mass is 440 g/mol. The number of hydrogen-bond acceptors (Lipinski definition) is 2. The highest BCUT2D eigenvalue weighted by Gasteiger charge is 2.36. The van der Waals surface area contributed by atoms with Gasteiger partial charge >= 0.3 is 6.18 Å². The maximum absolute atomic E-state index is 13.1. The second kappa shape index (κ2) is 7.34. The van der Waals surface area contributed by atoms with Crippen LogP contribution >= 0.6 is 15.9 Å². The molecule has 2 aromatic rings. The van der Waals surface area contributed by atoms with Gasteiger partial charge in [0.25, 0.3) is 0 Å². The molecular formula is C19H16BrF3N2O2. The van der Waals surface area contributed by atoms with Crippen molar-refractivity contribution in [1.82, 2.24) is 0 Å². The largest absolute Gasteiger partial charge is 0.418 e. The summed E-state index contributed by atoms with van der Waals surface area (Å²) in [4.78, 5) is 26.4. The maximum atomic E-state index is 13.1. The zero-order chi connectivity index (χ0) is 19.8. The highest BCUT2D eigenvalue weighted by Crippen LogP contribution is 2.35. The van der Waals surface area contributed by atoms with Gasteiger partial charge in [0.1, 0.15) is 6.04 Å². The maximum Gasteiger partial charge on any atom is 0.418 e. The summed E-state index contributed by atoms with van der Waals surface area (Å²) in [6.45, 7) is 1.50. The van der Waals surface area contributed by atoms with Gasteiger partial charge in [-0.3, -0.25) is 14.5 Å². The number of nitrogens with zero attached hydrogens (tertiary/aromatic N) is 1. The van der Waals surface area contributed by atoms with Gasteiger partial charge in [-0.05, 0) is 49.2 Å². The van der Waals surface area contributed by atoms with Crippen LogP contribution in [0.3, 0.4) is 0 Å². The van der Waals surface area contributed by atoms with Gasteiger partial charge in [0.2, 0.25) is 11.8 Å². The first-order valence-electron chi connectivity index (χ1n) is 8.26. The standard InChI is InChI=1S/C19H16BrF3N2O2/c1-11(18(27)24-15-5-3-2-4-14(15)19(21,22)23)25-16-8-7-13(20)10-12(16)6-9-17(25)26/h2-5,7-8,10-11H,6,9H2,1H3,(H,24,27). The third kappa shape index (κ3) is 4.00. The molecule has 0 saturated carbocycles. The molecule has 2 amide bonds. The number of carbonyl (C=O) groups excluding carboxylic acids is 2. The molecule has 1 atom stereocenters. The third-order valence-corrected chi connectivity index (χ3v) is 4.93. The average Bonchev–Trinajstić information content (AvgIpc) is 2.61. The molecule has 2 aromatic carbocycles. The molecule has 0 radical (unpaired) electrons. The van der Waals surface area contributed by atoms with Crippen molar-refractivity contribution < 1.29 is 22.8 Å². The molecule has 0 bridgehead atoms. The van der Waals surface area contributed by atoms with E-state index < -0.39 is 23.7 Å². The highest BCUT2D eigenvalue weighted by atomic mass is 79.9. The summed E-state index contributed by atoms with van der Waals surface area (Å²) >= 11 is 3.37. The molecule has 1 N–H and O–H groups in total. The van der Waals surface area contributed by atoms with Gasteiger partial charge in [-0.2, -0.15) is 13.2 Å². The Morgan fingerprint density at radius 1 is 1.19 bits per heavy atom. The Hall–Kier alpha value is -2.35. The normalized spacial score (nSPS) is 15.3. The summed E-state index contributed by atoms with van der Waals surface area (Å²) in [5.41, 5.74) is 0.239. The summed E-state index contributed by atoms with van der Waals surface area (Å²) in [6.07, 6.45) is -3.80. The van der Waals surface area contributed by atoms with Crippen LogP contribution < -0.4 is 10.2 Å². The minimum atomic E-state index is -4.59. The molecule has 1 heterocycles. The number of alkyl halides is 3. The Kier molecular flexibility index (Phi) is 5.28. The summed E-state index contributed by atoms with van der Waals surface area (Å²) in [5, 5.41) is 2.31. The number of rotatable bonds is 3. The van der Waals surface area contributed by atoms with E-state index in [0.29, 0.717) is 12.1 Å². The first-order chi connectivity index (χ1) is 12.7. The minimum Gasteiger partial charge on any atom is -0.324 e. The fraction of sp³-hybridized carbons (Fsp3) is 0.263. The zero-order valence-electron chi connectivity index (χ0n) is 14.3. The smallest absolute Gasteiger partial charge is 0.324 e. The van der Waals surface area contributed by atoms with Crippen LogP contribution in [0.5, 0.6) is 0 Å². The van der Waals surface area contributed by atoms with Crippen molar-refractivity contribution in [2.24, 2.45) is 0 Å². The second-order valence-electron chi connectivity index (χ2n) is 6.25. The number of halogens is 4. The van der Waals surface area contributed by atoms with E-state index in [4.69, 9.17) is 0 Å². The van der Waals surface area contributed by atoms with Crippen LogP contribution in [0.1, 0.15) is 24.5 Å². The van der Waals surface area contributed by atoms with E-state index in [1.165, 1.54) is 30.0 Å². The SMILES string of the molecule is CC(C(=O)Nc1ccccc1C(F)(F)F)N1C(=O)CCc2cc(Br)ccc21. The molecule has 142 valence electrons. The number of para-hydroxylation sites is 1. The van der Waals surface area contributed by atoms with E-state index in [2.05, 4.69) is 21.2 Å². The van der Waals surface area contributed by atoms with E-state index in [-0.39, 0.29) is 18.0 Å². The lowest BCUT2D eigenvalue weighted by Gasteiger charge is -2.33. The predicted molar refractivity (Wildman–Crippen MR) is 99.5 cm³/mol. The van der Waals surface area contributed by atoms with E-state index in [1.807, 2.05) is 6.07 Å². The van der Waals surface area contributed by atoms with Gasteiger partial charge in [-0.15, -0.1) is 0 Å². The molecule has 8 heteroatoms. The Bertz CT molecular complexity index is 899.